The number of carbonyl (C=O) groups is 1. The number of hydrogen-bond acceptors (Lipinski definition) is 6. The standard InChI is InChI=1S/C23H25ClN6O/c1-5-21(31)29-23-27-11-17-15(4)30(7-6-19(17)28-23)20-9-16(18(24)12-25-20)22-14(3)8-13(2)10-26-22/h8-12,15H,5-7H2,1-4H3,(H,27,28,29,31)/t15-/m1/s1. The van der Waals surface area contributed by atoms with Crippen molar-refractivity contribution in [3.63, 3.8) is 0 Å². The summed E-state index contributed by atoms with van der Waals surface area (Å²) in [6, 6.07) is 4.14. The van der Waals surface area contributed by atoms with Gasteiger partial charge in [0.2, 0.25) is 11.9 Å². The third-order valence-electron chi connectivity index (χ3n) is 5.58. The van der Waals surface area contributed by atoms with Gasteiger partial charge in [-0.2, -0.15) is 0 Å². The normalized spacial score (nSPS) is 15.5. The molecular weight excluding hydrogens is 412 g/mol. The van der Waals surface area contributed by atoms with Gasteiger partial charge in [0.25, 0.3) is 0 Å². The summed E-state index contributed by atoms with van der Waals surface area (Å²) in [6.07, 6.45) is 6.47. The quantitative estimate of drug-likeness (QED) is 0.639. The fraction of sp³-hybridized carbons (Fsp3) is 0.348. The molecule has 1 aliphatic heterocycles. The summed E-state index contributed by atoms with van der Waals surface area (Å²) in [5.41, 5.74) is 5.91. The minimum Gasteiger partial charge on any atom is -0.349 e. The average molecular weight is 437 g/mol. The van der Waals surface area contributed by atoms with Crippen molar-refractivity contribution in [2.75, 3.05) is 16.8 Å². The number of hydrogen-bond donors (Lipinski definition) is 1. The number of amides is 1. The van der Waals surface area contributed by atoms with Gasteiger partial charge in [-0.05, 0) is 38.0 Å². The molecule has 1 atom stereocenters. The van der Waals surface area contributed by atoms with Gasteiger partial charge in [0.05, 0.1) is 22.5 Å². The van der Waals surface area contributed by atoms with Gasteiger partial charge in [0, 0.05) is 49.1 Å². The van der Waals surface area contributed by atoms with Crippen LogP contribution in [0, 0.1) is 13.8 Å². The van der Waals surface area contributed by atoms with Crippen molar-refractivity contribution < 1.29 is 4.79 Å². The third-order valence-corrected chi connectivity index (χ3v) is 5.89. The zero-order chi connectivity index (χ0) is 22.1. The molecule has 7 nitrogen and oxygen atoms in total. The smallest absolute Gasteiger partial charge is 0.229 e. The molecule has 0 saturated carbocycles. The molecule has 1 amide bonds. The van der Waals surface area contributed by atoms with Crippen molar-refractivity contribution in [2.24, 2.45) is 0 Å². The summed E-state index contributed by atoms with van der Waals surface area (Å²) >= 11 is 6.49. The first-order chi connectivity index (χ1) is 14.9. The van der Waals surface area contributed by atoms with E-state index in [0.29, 0.717) is 17.4 Å². The fourth-order valence-corrected chi connectivity index (χ4v) is 4.11. The summed E-state index contributed by atoms with van der Waals surface area (Å²) in [5.74, 6) is 1.10. The van der Waals surface area contributed by atoms with Crippen molar-refractivity contribution in [1.29, 1.82) is 0 Å². The molecule has 0 aromatic carbocycles. The van der Waals surface area contributed by atoms with E-state index in [0.717, 1.165) is 52.4 Å². The van der Waals surface area contributed by atoms with Gasteiger partial charge in [0.15, 0.2) is 0 Å². The predicted octanol–water partition coefficient (Wildman–Crippen LogP) is 4.68. The molecule has 1 N–H and O–H groups in total. The van der Waals surface area contributed by atoms with E-state index in [1.165, 1.54) is 0 Å². The lowest BCUT2D eigenvalue weighted by molar-refractivity contribution is -0.115. The number of halogens is 1. The first-order valence-corrected chi connectivity index (χ1v) is 10.8. The number of nitrogens with one attached hydrogen (secondary N) is 1. The van der Waals surface area contributed by atoms with E-state index >= 15 is 0 Å². The van der Waals surface area contributed by atoms with Crippen LogP contribution in [0.1, 0.15) is 48.7 Å². The Balaban J connectivity index is 1.65. The summed E-state index contributed by atoms with van der Waals surface area (Å²) in [5, 5.41) is 3.31. The molecule has 4 rings (SSSR count). The van der Waals surface area contributed by atoms with Crippen LogP contribution in [0.3, 0.4) is 0 Å². The molecule has 1 aliphatic rings. The van der Waals surface area contributed by atoms with Crippen LogP contribution in [0.15, 0.2) is 30.7 Å². The molecule has 3 aromatic rings. The highest BCUT2D eigenvalue weighted by atomic mass is 35.5. The molecule has 31 heavy (non-hydrogen) atoms. The molecular formula is C23H25ClN6O. The number of fused-ring (bicyclic) bond motifs is 1. The highest BCUT2D eigenvalue weighted by molar-refractivity contribution is 6.33. The number of nitrogens with zero attached hydrogens (tertiary/aromatic N) is 5. The Hall–Kier alpha value is -3.06. The Morgan fingerprint density at radius 1 is 1.19 bits per heavy atom. The maximum atomic E-state index is 11.6. The van der Waals surface area contributed by atoms with Crippen molar-refractivity contribution in [3.05, 3.63) is 58.1 Å². The second kappa shape index (κ2) is 8.59. The number of aromatic nitrogens is 4. The van der Waals surface area contributed by atoms with E-state index in [-0.39, 0.29) is 11.9 Å². The Morgan fingerprint density at radius 3 is 2.74 bits per heavy atom. The van der Waals surface area contributed by atoms with E-state index in [1.807, 2.05) is 26.1 Å². The number of anilines is 2. The highest BCUT2D eigenvalue weighted by Gasteiger charge is 2.27. The Kier molecular flexibility index (Phi) is 5.87. The predicted molar refractivity (Wildman–Crippen MR) is 122 cm³/mol. The second-order valence-electron chi connectivity index (χ2n) is 7.82. The molecule has 0 bridgehead atoms. The zero-order valence-electron chi connectivity index (χ0n) is 18.1. The van der Waals surface area contributed by atoms with Gasteiger partial charge in [-0.1, -0.05) is 24.6 Å². The van der Waals surface area contributed by atoms with Crippen LogP contribution >= 0.6 is 11.6 Å². The number of carbonyl (C=O) groups excluding carboxylic acids is 1. The maximum Gasteiger partial charge on any atom is 0.229 e. The van der Waals surface area contributed by atoms with Crippen molar-refractivity contribution in [1.82, 2.24) is 19.9 Å². The van der Waals surface area contributed by atoms with Crippen LogP contribution in [0.2, 0.25) is 5.02 Å². The summed E-state index contributed by atoms with van der Waals surface area (Å²) in [4.78, 5) is 32.0. The van der Waals surface area contributed by atoms with Gasteiger partial charge in [0.1, 0.15) is 5.82 Å². The lowest BCUT2D eigenvalue weighted by Crippen LogP contribution is -2.35. The van der Waals surface area contributed by atoms with Crippen LogP contribution in [0.5, 0.6) is 0 Å². The molecule has 8 heteroatoms. The molecule has 3 aromatic heterocycles. The Morgan fingerprint density at radius 2 is 2.00 bits per heavy atom. The zero-order valence-corrected chi connectivity index (χ0v) is 18.9. The molecule has 0 spiro atoms. The molecule has 4 heterocycles. The largest absolute Gasteiger partial charge is 0.349 e. The van der Waals surface area contributed by atoms with Crippen LogP contribution in [0.25, 0.3) is 11.3 Å². The molecule has 0 unspecified atom stereocenters. The molecule has 160 valence electrons. The third kappa shape index (κ3) is 4.23. The topological polar surface area (TPSA) is 83.9 Å². The lowest BCUT2D eigenvalue weighted by atomic mass is 9.99. The van der Waals surface area contributed by atoms with Gasteiger partial charge in [-0.3, -0.25) is 15.1 Å². The first kappa shape index (κ1) is 21.2. The molecule has 0 saturated heterocycles. The molecule has 0 aliphatic carbocycles. The van der Waals surface area contributed by atoms with Crippen LogP contribution in [-0.4, -0.2) is 32.4 Å². The van der Waals surface area contributed by atoms with Crippen molar-refractivity contribution >= 4 is 29.3 Å². The first-order valence-electron chi connectivity index (χ1n) is 10.4. The van der Waals surface area contributed by atoms with Crippen LogP contribution in [-0.2, 0) is 11.2 Å². The second-order valence-corrected chi connectivity index (χ2v) is 8.22. The Bertz CT molecular complexity index is 1150. The van der Waals surface area contributed by atoms with E-state index in [4.69, 9.17) is 11.6 Å². The monoisotopic (exact) mass is 436 g/mol. The SMILES string of the molecule is CCC(=O)Nc1ncc2c(n1)CCN(c1cc(-c3ncc(C)cc3C)c(Cl)cn1)[C@@H]2C. The average Bonchev–Trinajstić information content (AvgIpc) is 2.75. The van der Waals surface area contributed by atoms with Crippen LogP contribution in [0.4, 0.5) is 11.8 Å². The summed E-state index contributed by atoms with van der Waals surface area (Å²) < 4.78 is 0. The van der Waals surface area contributed by atoms with E-state index < -0.39 is 0 Å². The number of pyridine rings is 2. The highest BCUT2D eigenvalue weighted by Crippen LogP contribution is 2.36. The van der Waals surface area contributed by atoms with Gasteiger partial charge < -0.3 is 4.90 Å². The number of rotatable bonds is 4. The minimum atomic E-state index is -0.0941. The minimum absolute atomic E-state index is 0.0354. The van der Waals surface area contributed by atoms with E-state index in [9.17, 15) is 4.79 Å². The Labute approximate surface area is 186 Å². The maximum absolute atomic E-state index is 11.6. The van der Waals surface area contributed by atoms with Gasteiger partial charge >= 0.3 is 0 Å². The van der Waals surface area contributed by atoms with Crippen LogP contribution < -0.4 is 10.2 Å². The molecule has 0 radical (unpaired) electrons. The number of aryl methyl sites for hydroxylation is 2. The van der Waals surface area contributed by atoms with Gasteiger partial charge in [-0.25, -0.2) is 15.0 Å². The van der Waals surface area contributed by atoms with Crippen molar-refractivity contribution in [3.8, 4) is 11.3 Å². The lowest BCUT2D eigenvalue weighted by Gasteiger charge is -2.35. The molecule has 0 fully saturated rings. The van der Waals surface area contributed by atoms with E-state index in [2.05, 4.69) is 43.1 Å². The van der Waals surface area contributed by atoms with Gasteiger partial charge in [-0.15, -0.1) is 0 Å². The fourth-order valence-electron chi connectivity index (χ4n) is 3.91. The summed E-state index contributed by atoms with van der Waals surface area (Å²) in [7, 11) is 0. The van der Waals surface area contributed by atoms with Crippen molar-refractivity contribution in [2.45, 2.75) is 46.6 Å². The van der Waals surface area contributed by atoms with E-state index in [1.54, 1.807) is 19.3 Å². The summed E-state index contributed by atoms with van der Waals surface area (Å²) in [6.45, 7) is 8.72.